The molecule has 0 aromatic carbocycles. The molecule has 2 heterocycles. The molecule has 2 saturated heterocycles. The van der Waals surface area contributed by atoms with Gasteiger partial charge in [0.15, 0.2) is 11.6 Å². The van der Waals surface area contributed by atoms with Crippen LogP contribution >= 0.6 is 0 Å². The topological polar surface area (TPSA) is 166 Å². The largest absolute Gasteiger partial charge is 0.455 e. The van der Waals surface area contributed by atoms with Crippen molar-refractivity contribution in [2.24, 2.45) is 34.5 Å². The van der Waals surface area contributed by atoms with Crippen molar-refractivity contribution in [3.63, 3.8) is 0 Å². The molecule has 11 nitrogen and oxygen atoms in total. The van der Waals surface area contributed by atoms with Crippen LogP contribution in [-0.2, 0) is 38.1 Å². The number of fused-ring (bicyclic) bond motifs is 1. The van der Waals surface area contributed by atoms with Gasteiger partial charge in [-0.1, -0.05) is 25.5 Å². The number of ketones is 1. The standard InChI is InChI=1S/C27H34O11/c1-7-10(2)22(32)37-17-15-11(3)8-14(29)20(31)25(15,6)24-26-9-35-27(24,34)19(30)12(4)16(26)18(36-13(5)28)23(33)38-21(17)26/h7-8,12,15-21,24,30-31,34H,9H2,1-6H3/b10-7+/t12-,15-,16-,17-,18-,19+,20-,21-,24-,25-,26-,27+/m1/s1. The highest BCUT2D eigenvalue weighted by atomic mass is 16.7. The Hall–Kier alpha value is -2.60. The fraction of sp³-hybridized carbons (Fsp3) is 0.704. The predicted octanol–water partition coefficient (Wildman–Crippen LogP) is 0.196. The van der Waals surface area contributed by atoms with Crippen LogP contribution in [-0.4, -0.2) is 81.9 Å². The molecule has 0 aromatic rings. The van der Waals surface area contributed by atoms with E-state index in [1.54, 1.807) is 40.7 Å². The summed E-state index contributed by atoms with van der Waals surface area (Å²) in [5, 5.41) is 34.8. The van der Waals surface area contributed by atoms with Crippen molar-refractivity contribution in [2.45, 2.75) is 77.8 Å². The van der Waals surface area contributed by atoms with Gasteiger partial charge in [0.05, 0.1) is 12.0 Å². The molecule has 208 valence electrons. The Labute approximate surface area is 219 Å². The highest BCUT2D eigenvalue weighted by Gasteiger charge is 2.85. The van der Waals surface area contributed by atoms with Gasteiger partial charge in [0.1, 0.15) is 24.4 Å². The minimum atomic E-state index is -2.24. The number of ether oxygens (including phenoxy) is 4. The number of hydrogen-bond donors (Lipinski definition) is 3. The number of aliphatic hydroxyl groups is 3. The second kappa shape index (κ2) is 8.45. The van der Waals surface area contributed by atoms with E-state index in [1.165, 1.54) is 6.08 Å². The summed E-state index contributed by atoms with van der Waals surface area (Å²) in [5.41, 5.74) is -2.17. The number of esters is 3. The lowest BCUT2D eigenvalue weighted by atomic mass is 9.37. The first-order valence-electron chi connectivity index (χ1n) is 12.8. The Morgan fingerprint density at radius 3 is 2.45 bits per heavy atom. The molecule has 11 heteroatoms. The quantitative estimate of drug-likeness (QED) is 0.257. The maximum Gasteiger partial charge on any atom is 0.348 e. The predicted molar refractivity (Wildman–Crippen MR) is 127 cm³/mol. The zero-order valence-electron chi connectivity index (χ0n) is 22.2. The first-order chi connectivity index (χ1) is 17.7. The summed E-state index contributed by atoms with van der Waals surface area (Å²) in [5.74, 6) is -9.01. The minimum Gasteiger partial charge on any atom is -0.455 e. The molecule has 3 N–H and O–H groups in total. The summed E-state index contributed by atoms with van der Waals surface area (Å²) >= 11 is 0. The molecule has 4 fully saturated rings. The number of carbonyl (C=O) groups excluding carboxylic acids is 4. The molecule has 12 atom stereocenters. The molecule has 0 amide bonds. The van der Waals surface area contributed by atoms with E-state index < -0.39 is 94.5 Å². The lowest BCUT2D eigenvalue weighted by molar-refractivity contribution is -0.352. The van der Waals surface area contributed by atoms with Gasteiger partial charge < -0.3 is 34.3 Å². The van der Waals surface area contributed by atoms with Gasteiger partial charge in [-0.25, -0.2) is 9.59 Å². The van der Waals surface area contributed by atoms with Crippen LogP contribution in [0, 0.1) is 34.5 Å². The number of rotatable bonds is 3. The Kier molecular flexibility index (Phi) is 6.00. The number of aliphatic hydroxyl groups excluding tert-OH is 2. The molecule has 1 spiro atoms. The van der Waals surface area contributed by atoms with Gasteiger partial charge in [0.2, 0.25) is 6.10 Å². The van der Waals surface area contributed by atoms with E-state index in [2.05, 4.69) is 0 Å². The molecular weight excluding hydrogens is 500 g/mol. The monoisotopic (exact) mass is 534 g/mol. The molecule has 0 aromatic heterocycles. The summed E-state index contributed by atoms with van der Waals surface area (Å²) in [6.45, 7) is 8.95. The molecule has 0 radical (unpaired) electrons. The van der Waals surface area contributed by atoms with E-state index in [-0.39, 0.29) is 6.61 Å². The molecule has 5 aliphatic rings. The first kappa shape index (κ1) is 27.0. The highest BCUT2D eigenvalue weighted by Crippen LogP contribution is 2.74. The molecule has 0 unspecified atom stereocenters. The van der Waals surface area contributed by atoms with Crippen LogP contribution in [0.4, 0.5) is 0 Å². The van der Waals surface area contributed by atoms with Crippen molar-refractivity contribution in [2.75, 3.05) is 6.61 Å². The van der Waals surface area contributed by atoms with Crippen molar-refractivity contribution >= 4 is 23.7 Å². The fourth-order valence-corrected chi connectivity index (χ4v) is 8.49. The highest BCUT2D eigenvalue weighted by molar-refractivity contribution is 5.96. The van der Waals surface area contributed by atoms with E-state index in [9.17, 15) is 34.5 Å². The van der Waals surface area contributed by atoms with Gasteiger partial charge in [0.25, 0.3) is 0 Å². The molecule has 2 bridgehead atoms. The zero-order valence-corrected chi connectivity index (χ0v) is 22.2. The second-order valence-electron chi connectivity index (χ2n) is 11.7. The van der Waals surface area contributed by atoms with Crippen LogP contribution in [0.5, 0.6) is 0 Å². The number of allylic oxidation sites excluding steroid dienone is 1. The maximum atomic E-state index is 13.4. The third-order valence-electron chi connectivity index (χ3n) is 9.87. The summed E-state index contributed by atoms with van der Waals surface area (Å²) in [4.78, 5) is 51.6. The molecule has 5 rings (SSSR count). The molecule has 2 saturated carbocycles. The van der Waals surface area contributed by atoms with Crippen molar-refractivity contribution < 1.29 is 53.4 Å². The lowest BCUT2D eigenvalue weighted by Gasteiger charge is -2.69. The zero-order chi connectivity index (χ0) is 28.1. The Balaban J connectivity index is 1.81. The SMILES string of the molecule is C/C=C(\C)C(=O)O[C@@H]1[C@H]2C(C)=CC(=O)[C@@H](O)[C@]2(C)[C@H]2[C@@]3(O)OC[C@]24[C@H]([C@@H](C)[C@@H]3O)[C@@H](OC(C)=O)C(=O)O[C@H]14. The minimum absolute atomic E-state index is 0.265. The van der Waals surface area contributed by atoms with E-state index in [1.807, 2.05) is 0 Å². The third kappa shape index (κ3) is 3.10. The summed E-state index contributed by atoms with van der Waals surface area (Å²) in [6, 6.07) is 0. The van der Waals surface area contributed by atoms with Crippen molar-refractivity contribution in [1.82, 2.24) is 0 Å². The van der Waals surface area contributed by atoms with Gasteiger partial charge in [-0.3, -0.25) is 9.59 Å². The van der Waals surface area contributed by atoms with Gasteiger partial charge in [-0.05, 0) is 32.8 Å². The van der Waals surface area contributed by atoms with Crippen LogP contribution in [0.2, 0.25) is 0 Å². The van der Waals surface area contributed by atoms with E-state index in [4.69, 9.17) is 18.9 Å². The van der Waals surface area contributed by atoms with Crippen molar-refractivity contribution in [1.29, 1.82) is 0 Å². The molecular formula is C27H34O11. The van der Waals surface area contributed by atoms with Crippen LogP contribution in [0.3, 0.4) is 0 Å². The number of hydrogen-bond acceptors (Lipinski definition) is 11. The Bertz CT molecular complexity index is 1170. The van der Waals surface area contributed by atoms with Crippen molar-refractivity contribution in [3.8, 4) is 0 Å². The molecule has 3 aliphatic carbocycles. The smallest absolute Gasteiger partial charge is 0.348 e. The van der Waals surface area contributed by atoms with Gasteiger partial charge >= 0.3 is 17.9 Å². The summed E-state index contributed by atoms with van der Waals surface area (Å²) < 4.78 is 23.3. The van der Waals surface area contributed by atoms with Crippen LogP contribution in [0.15, 0.2) is 23.3 Å². The van der Waals surface area contributed by atoms with Crippen LogP contribution in [0.25, 0.3) is 0 Å². The van der Waals surface area contributed by atoms with E-state index in [0.717, 1.165) is 6.92 Å². The van der Waals surface area contributed by atoms with E-state index >= 15 is 0 Å². The average Bonchev–Trinajstić information content (AvgIpc) is 3.13. The fourth-order valence-electron chi connectivity index (χ4n) is 8.49. The van der Waals surface area contributed by atoms with Gasteiger partial charge in [-0.15, -0.1) is 0 Å². The summed E-state index contributed by atoms with van der Waals surface area (Å²) in [7, 11) is 0. The first-order valence-corrected chi connectivity index (χ1v) is 12.8. The Morgan fingerprint density at radius 2 is 1.84 bits per heavy atom. The molecule has 2 aliphatic heterocycles. The average molecular weight is 535 g/mol. The van der Waals surface area contributed by atoms with Gasteiger partial charge in [0, 0.05) is 35.7 Å². The van der Waals surface area contributed by atoms with Crippen LogP contribution < -0.4 is 0 Å². The Morgan fingerprint density at radius 1 is 1.18 bits per heavy atom. The molecule has 38 heavy (non-hydrogen) atoms. The van der Waals surface area contributed by atoms with E-state index in [0.29, 0.717) is 11.1 Å². The van der Waals surface area contributed by atoms with Crippen molar-refractivity contribution in [3.05, 3.63) is 23.3 Å². The second-order valence-corrected chi connectivity index (χ2v) is 11.7. The maximum absolute atomic E-state index is 13.4. The number of carbonyl (C=O) groups is 4. The summed E-state index contributed by atoms with van der Waals surface area (Å²) in [6.07, 6.45) is -4.24. The third-order valence-corrected chi connectivity index (χ3v) is 9.87. The van der Waals surface area contributed by atoms with Crippen LogP contribution in [0.1, 0.15) is 41.5 Å². The van der Waals surface area contributed by atoms with Gasteiger partial charge in [-0.2, -0.15) is 0 Å². The lowest BCUT2D eigenvalue weighted by Crippen LogP contribution is -2.81. The normalized spacial score (nSPS) is 49.3.